The largest absolute Gasteiger partial charge is 0.454 e. The molecule has 11 rings (SSSR count). The average Bonchev–Trinajstić information content (AvgIpc) is 3.64. The zero-order valence-electron chi connectivity index (χ0n) is 35.9. The Kier molecular flexibility index (Phi) is 8.38. The molecule has 2 aliphatic heterocycles. The van der Waals surface area contributed by atoms with Gasteiger partial charge in [-0.3, -0.25) is 0 Å². The Balaban J connectivity index is 1.27. The van der Waals surface area contributed by atoms with Crippen LogP contribution >= 0.6 is 0 Å². The molecule has 3 heterocycles. The van der Waals surface area contributed by atoms with Gasteiger partial charge in [0.15, 0.2) is 5.58 Å². The van der Waals surface area contributed by atoms with Crippen molar-refractivity contribution < 1.29 is 4.42 Å². The minimum Gasteiger partial charge on any atom is -0.454 e. The molecule has 2 aliphatic rings. The van der Waals surface area contributed by atoms with Crippen LogP contribution in [0, 0.1) is 27.7 Å². The number of anilines is 9. The van der Waals surface area contributed by atoms with Gasteiger partial charge in [0.05, 0.1) is 11.4 Å². The minimum absolute atomic E-state index is 0.00762. The van der Waals surface area contributed by atoms with Crippen molar-refractivity contribution in [1.82, 2.24) is 0 Å². The Bertz CT molecular complexity index is 3050. The Hall–Kier alpha value is -6.98. The number of hydrogen-bond acceptors (Lipinski definition) is 4. The van der Waals surface area contributed by atoms with E-state index in [-0.39, 0.29) is 12.1 Å². The third-order valence-corrected chi connectivity index (χ3v) is 12.8. The maximum atomic E-state index is 6.84. The zero-order valence-corrected chi connectivity index (χ0v) is 35.9. The third-order valence-electron chi connectivity index (χ3n) is 12.8. The Morgan fingerprint density at radius 1 is 0.475 bits per heavy atom. The lowest BCUT2D eigenvalue weighted by atomic mass is 9.33. The van der Waals surface area contributed by atoms with Gasteiger partial charge in [0.1, 0.15) is 5.58 Å². The first-order valence-electron chi connectivity index (χ1n) is 21.5. The summed E-state index contributed by atoms with van der Waals surface area (Å²) < 4.78 is 6.84. The van der Waals surface area contributed by atoms with E-state index in [1.165, 1.54) is 55.6 Å². The highest BCUT2D eigenvalue weighted by Crippen LogP contribution is 2.49. The monoisotopic (exact) mass is 789 g/mol. The average molecular weight is 790 g/mol. The molecule has 0 atom stereocenters. The standard InChI is InChI=1S/C56H48BN3O/c1-35-15-23-41(24-16-35)59-48-29-19-37(3)31-46(48)57-47-32-38(4)20-30-49(47)60(42-25-17-36(2)18-26-42)52-34-43(33-51(59)54(52)57)58(40-27-21-39(22-28-40)56(5,6)7)50-13-10-12-45-44-11-8-9-14-53(44)61-55(45)50/h8-34H,1-7H3. The summed E-state index contributed by atoms with van der Waals surface area (Å²) in [6.07, 6.45) is 0. The summed E-state index contributed by atoms with van der Waals surface area (Å²) in [4.78, 5) is 7.42. The fourth-order valence-corrected chi connectivity index (χ4v) is 9.75. The first-order chi connectivity index (χ1) is 29.5. The highest BCUT2D eigenvalue weighted by molar-refractivity contribution is 7.00. The molecule has 0 saturated heterocycles. The van der Waals surface area contributed by atoms with Gasteiger partial charge in [-0.2, -0.15) is 0 Å². The predicted molar refractivity (Wildman–Crippen MR) is 260 cm³/mol. The van der Waals surface area contributed by atoms with Crippen LogP contribution in [0.1, 0.15) is 48.6 Å². The molecule has 61 heavy (non-hydrogen) atoms. The fourth-order valence-electron chi connectivity index (χ4n) is 9.75. The van der Waals surface area contributed by atoms with Crippen LogP contribution in [-0.2, 0) is 5.41 Å². The van der Waals surface area contributed by atoms with Gasteiger partial charge < -0.3 is 19.1 Å². The molecule has 0 N–H and O–H groups in total. The summed E-state index contributed by atoms with van der Waals surface area (Å²) in [6, 6.07) is 61.0. The molecular formula is C56H48BN3O. The lowest BCUT2D eigenvalue weighted by Crippen LogP contribution is -2.61. The molecule has 1 aromatic heterocycles. The molecule has 0 bridgehead atoms. The maximum Gasteiger partial charge on any atom is 0.252 e. The molecule has 0 fully saturated rings. The molecule has 0 unspecified atom stereocenters. The summed E-state index contributed by atoms with van der Waals surface area (Å²) in [5, 5.41) is 2.21. The van der Waals surface area contributed by atoms with E-state index < -0.39 is 0 Å². The molecule has 5 heteroatoms. The van der Waals surface area contributed by atoms with Gasteiger partial charge >= 0.3 is 0 Å². The van der Waals surface area contributed by atoms with Crippen LogP contribution in [-0.4, -0.2) is 6.71 Å². The maximum absolute atomic E-state index is 6.84. The van der Waals surface area contributed by atoms with Crippen molar-refractivity contribution in [3.63, 3.8) is 0 Å². The SMILES string of the molecule is Cc1ccc(N2c3ccc(C)cc3B3c4cc(C)ccc4N(c4ccc(C)cc4)c4cc(N(c5ccc(C(C)(C)C)cc5)c5cccc6c5oc5ccccc56)cc2c43)cc1. The molecule has 0 amide bonds. The highest BCUT2D eigenvalue weighted by atomic mass is 16.3. The molecule has 9 aromatic rings. The number of para-hydroxylation sites is 2. The van der Waals surface area contributed by atoms with Crippen LogP contribution in [0.5, 0.6) is 0 Å². The summed E-state index contributed by atoms with van der Waals surface area (Å²) in [7, 11) is 0. The van der Waals surface area contributed by atoms with Crippen LogP contribution < -0.4 is 31.1 Å². The summed E-state index contributed by atoms with van der Waals surface area (Å²) in [5.74, 6) is 0. The number of nitrogens with zero attached hydrogens (tertiary/aromatic N) is 3. The molecule has 0 radical (unpaired) electrons. The normalized spacial score (nSPS) is 13.1. The zero-order chi connectivity index (χ0) is 41.7. The fraction of sp³-hybridized carbons (Fsp3) is 0.143. The van der Waals surface area contributed by atoms with Crippen molar-refractivity contribution in [3.05, 3.63) is 192 Å². The van der Waals surface area contributed by atoms with E-state index >= 15 is 0 Å². The van der Waals surface area contributed by atoms with Crippen molar-refractivity contribution in [2.24, 2.45) is 0 Å². The predicted octanol–water partition coefficient (Wildman–Crippen LogP) is 13.7. The first kappa shape index (κ1) is 37.1. The molecule has 296 valence electrons. The van der Waals surface area contributed by atoms with Crippen LogP contribution in [0.2, 0.25) is 0 Å². The van der Waals surface area contributed by atoms with E-state index in [1.807, 2.05) is 0 Å². The lowest BCUT2D eigenvalue weighted by Gasteiger charge is -2.45. The van der Waals surface area contributed by atoms with Crippen molar-refractivity contribution in [1.29, 1.82) is 0 Å². The van der Waals surface area contributed by atoms with Gasteiger partial charge in [-0.15, -0.1) is 0 Å². The van der Waals surface area contributed by atoms with E-state index in [0.717, 1.165) is 61.8 Å². The Morgan fingerprint density at radius 2 is 1.00 bits per heavy atom. The number of fused-ring (bicyclic) bond motifs is 7. The number of hydrogen-bond donors (Lipinski definition) is 0. The number of aryl methyl sites for hydroxylation is 4. The van der Waals surface area contributed by atoms with E-state index in [9.17, 15) is 0 Å². The van der Waals surface area contributed by atoms with Crippen LogP contribution in [0.25, 0.3) is 21.9 Å². The summed E-state index contributed by atoms with van der Waals surface area (Å²) in [6.45, 7) is 15.6. The first-order valence-corrected chi connectivity index (χ1v) is 21.5. The topological polar surface area (TPSA) is 22.9 Å². The second-order valence-electron chi connectivity index (χ2n) is 18.2. The quantitative estimate of drug-likeness (QED) is 0.162. The smallest absolute Gasteiger partial charge is 0.252 e. The van der Waals surface area contributed by atoms with E-state index in [2.05, 4.69) is 227 Å². The number of rotatable bonds is 5. The molecule has 0 saturated carbocycles. The lowest BCUT2D eigenvalue weighted by molar-refractivity contribution is 0.590. The van der Waals surface area contributed by atoms with Gasteiger partial charge in [-0.05, 0) is 128 Å². The van der Waals surface area contributed by atoms with Crippen molar-refractivity contribution in [3.8, 4) is 0 Å². The number of furan rings is 1. The van der Waals surface area contributed by atoms with E-state index in [0.29, 0.717) is 0 Å². The van der Waals surface area contributed by atoms with Gasteiger partial charge in [-0.25, -0.2) is 0 Å². The molecule has 4 nitrogen and oxygen atoms in total. The summed E-state index contributed by atoms with van der Waals surface area (Å²) >= 11 is 0. The molecule has 8 aromatic carbocycles. The second kappa shape index (κ2) is 13.8. The van der Waals surface area contributed by atoms with Crippen molar-refractivity contribution >= 4 is 96.2 Å². The van der Waals surface area contributed by atoms with Crippen LogP contribution in [0.15, 0.2) is 168 Å². The molecular weight excluding hydrogens is 741 g/mol. The van der Waals surface area contributed by atoms with E-state index in [4.69, 9.17) is 4.42 Å². The van der Waals surface area contributed by atoms with Gasteiger partial charge in [0.25, 0.3) is 6.71 Å². The second-order valence-corrected chi connectivity index (χ2v) is 18.2. The number of benzene rings is 8. The molecule has 0 spiro atoms. The Morgan fingerprint density at radius 3 is 1.56 bits per heavy atom. The van der Waals surface area contributed by atoms with Crippen molar-refractivity contribution in [2.75, 3.05) is 14.7 Å². The van der Waals surface area contributed by atoms with Crippen LogP contribution in [0.4, 0.5) is 51.2 Å². The van der Waals surface area contributed by atoms with Crippen LogP contribution in [0.3, 0.4) is 0 Å². The van der Waals surface area contributed by atoms with Crippen molar-refractivity contribution in [2.45, 2.75) is 53.9 Å². The summed E-state index contributed by atoms with van der Waals surface area (Å²) in [5.41, 5.74) is 22.0. The Labute approximate surface area is 359 Å². The van der Waals surface area contributed by atoms with E-state index in [1.54, 1.807) is 0 Å². The van der Waals surface area contributed by atoms with Gasteiger partial charge in [0.2, 0.25) is 0 Å². The minimum atomic E-state index is 0.00762. The van der Waals surface area contributed by atoms with Gasteiger partial charge in [0, 0.05) is 50.6 Å². The van der Waals surface area contributed by atoms with Gasteiger partial charge in [-0.1, -0.05) is 134 Å². The third kappa shape index (κ3) is 5.97. The molecule has 0 aliphatic carbocycles. The highest BCUT2D eigenvalue weighted by Gasteiger charge is 2.44.